The van der Waals surface area contributed by atoms with Crippen LogP contribution >= 0.6 is 0 Å². The third-order valence-electron chi connectivity index (χ3n) is 6.68. The van der Waals surface area contributed by atoms with Crippen LogP contribution in [0.2, 0.25) is 0 Å². The van der Waals surface area contributed by atoms with Crippen molar-refractivity contribution in [2.45, 2.75) is 26.3 Å². The number of nitrogens with one attached hydrogen (secondary N) is 1. The quantitative estimate of drug-likeness (QED) is 0.199. The molecule has 0 unspecified atom stereocenters. The molecule has 2 fully saturated rings. The second-order valence-corrected chi connectivity index (χ2v) is 9.03. The number of benzene rings is 1. The number of amides is 3. The van der Waals surface area contributed by atoms with Gasteiger partial charge in [0.15, 0.2) is 6.61 Å². The zero-order valence-electron chi connectivity index (χ0n) is 18.9. The summed E-state index contributed by atoms with van der Waals surface area (Å²) in [6.45, 7) is 2.63. The molecule has 0 aromatic heterocycles. The van der Waals surface area contributed by atoms with Gasteiger partial charge in [-0.25, -0.2) is 4.79 Å². The van der Waals surface area contributed by atoms with Crippen molar-refractivity contribution in [1.82, 2.24) is 4.90 Å². The van der Waals surface area contributed by atoms with Gasteiger partial charge in [-0.15, -0.1) is 0 Å². The number of carbonyl (C=O) groups excluding carboxylic acids is 4. The molecule has 1 aromatic rings. The molecule has 180 valence electrons. The summed E-state index contributed by atoms with van der Waals surface area (Å²) in [4.78, 5) is 63.0. The van der Waals surface area contributed by atoms with E-state index in [1.54, 1.807) is 13.8 Å². The van der Waals surface area contributed by atoms with Gasteiger partial charge in [0.1, 0.15) is 17.5 Å². The van der Waals surface area contributed by atoms with Gasteiger partial charge in [0, 0.05) is 12.1 Å². The summed E-state index contributed by atoms with van der Waals surface area (Å²) in [5.74, 6) is -3.49. The second-order valence-electron chi connectivity index (χ2n) is 9.03. The van der Waals surface area contributed by atoms with Gasteiger partial charge in [-0.05, 0) is 30.2 Å². The molecule has 1 saturated heterocycles. The third kappa shape index (κ3) is 3.91. The highest BCUT2D eigenvalue weighted by Gasteiger charge is 2.61. The highest BCUT2D eigenvalue weighted by atomic mass is 16.6. The summed E-state index contributed by atoms with van der Waals surface area (Å²) in [5.41, 5.74) is -0.477. The number of nitro benzene ring substituents is 1. The van der Waals surface area contributed by atoms with Gasteiger partial charge >= 0.3 is 5.97 Å². The van der Waals surface area contributed by atoms with Crippen LogP contribution < -0.4 is 10.1 Å². The first-order chi connectivity index (χ1) is 16.1. The van der Waals surface area contributed by atoms with E-state index in [1.165, 1.54) is 25.3 Å². The molecule has 1 saturated carbocycles. The van der Waals surface area contributed by atoms with Gasteiger partial charge in [-0.2, -0.15) is 0 Å². The molecule has 1 aromatic carbocycles. The molecular formula is C23H25N3O8. The number of imide groups is 1. The fourth-order valence-corrected chi connectivity index (χ4v) is 5.19. The minimum atomic E-state index is -1.16. The van der Waals surface area contributed by atoms with Crippen molar-refractivity contribution in [3.63, 3.8) is 0 Å². The first-order valence-corrected chi connectivity index (χ1v) is 11.0. The normalized spacial score (nSPS) is 25.5. The smallest absolute Gasteiger partial charge is 0.330 e. The molecule has 1 aliphatic heterocycles. The number of carbonyl (C=O) groups is 4. The Morgan fingerprint density at radius 3 is 2.32 bits per heavy atom. The van der Waals surface area contributed by atoms with Gasteiger partial charge < -0.3 is 14.8 Å². The molecule has 2 bridgehead atoms. The van der Waals surface area contributed by atoms with Crippen molar-refractivity contribution in [3.8, 4) is 5.75 Å². The van der Waals surface area contributed by atoms with Gasteiger partial charge in [0.25, 0.3) is 11.6 Å². The highest BCUT2D eigenvalue weighted by Crippen LogP contribution is 2.53. The van der Waals surface area contributed by atoms with E-state index in [4.69, 9.17) is 9.47 Å². The summed E-state index contributed by atoms with van der Waals surface area (Å²) in [5, 5.41) is 13.6. The Hall–Kier alpha value is -3.76. The number of esters is 1. The topological polar surface area (TPSA) is 145 Å². The van der Waals surface area contributed by atoms with Crippen molar-refractivity contribution in [3.05, 3.63) is 40.5 Å². The van der Waals surface area contributed by atoms with Crippen LogP contribution in [0.25, 0.3) is 0 Å². The summed E-state index contributed by atoms with van der Waals surface area (Å²) in [7, 11) is 1.37. The van der Waals surface area contributed by atoms with Crippen molar-refractivity contribution < 1.29 is 33.6 Å². The number of hydrogen-bond donors (Lipinski definition) is 1. The average molecular weight is 471 g/mol. The summed E-state index contributed by atoms with van der Waals surface area (Å²) in [6.07, 6.45) is 4.70. The molecule has 3 amide bonds. The van der Waals surface area contributed by atoms with Crippen LogP contribution in [0, 0.1) is 39.7 Å². The van der Waals surface area contributed by atoms with Gasteiger partial charge in [0.2, 0.25) is 11.8 Å². The maximum absolute atomic E-state index is 13.1. The first kappa shape index (κ1) is 23.4. The summed E-state index contributed by atoms with van der Waals surface area (Å²) in [6, 6.07) is 2.67. The third-order valence-corrected chi connectivity index (χ3v) is 6.68. The Morgan fingerprint density at radius 1 is 1.18 bits per heavy atom. The molecule has 4 rings (SSSR count). The van der Waals surface area contributed by atoms with E-state index in [1.807, 2.05) is 12.2 Å². The Bertz CT molecular complexity index is 1070. The van der Waals surface area contributed by atoms with Crippen LogP contribution in [0.5, 0.6) is 5.75 Å². The van der Waals surface area contributed by atoms with E-state index in [0.29, 0.717) is 0 Å². The lowest BCUT2D eigenvalue weighted by Gasteiger charge is -2.28. The summed E-state index contributed by atoms with van der Waals surface area (Å²) < 4.78 is 10.2. The van der Waals surface area contributed by atoms with Gasteiger partial charge in [-0.3, -0.25) is 29.4 Å². The zero-order valence-corrected chi connectivity index (χ0v) is 18.9. The second kappa shape index (κ2) is 8.88. The predicted octanol–water partition coefficient (Wildman–Crippen LogP) is 1.92. The van der Waals surface area contributed by atoms with E-state index < -0.39 is 47.2 Å². The van der Waals surface area contributed by atoms with Crippen LogP contribution in [0.4, 0.5) is 11.4 Å². The van der Waals surface area contributed by atoms with Gasteiger partial charge in [0.05, 0.1) is 23.9 Å². The minimum Gasteiger partial charge on any atom is -0.497 e. The monoisotopic (exact) mass is 471 g/mol. The van der Waals surface area contributed by atoms with E-state index in [-0.39, 0.29) is 40.8 Å². The molecule has 0 spiro atoms. The molecule has 34 heavy (non-hydrogen) atoms. The average Bonchev–Trinajstić information content (AvgIpc) is 3.47. The van der Waals surface area contributed by atoms with Crippen molar-refractivity contribution >= 4 is 35.1 Å². The molecule has 5 atom stereocenters. The number of fused-ring (bicyclic) bond motifs is 5. The largest absolute Gasteiger partial charge is 0.497 e. The number of rotatable bonds is 8. The van der Waals surface area contributed by atoms with E-state index in [9.17, 15) is 29.3 Å². The van der Waals surface area contributed by atoms with E-state index in [2.05, 4.69) is 5.32 Å². The molecule has 11 heteroatoms. The van der Waals surface area contributed by atoms with Gasteiger partial charge in [-0.1, -0.05) is 26.0 Å². The molecule has 3 aliphatic rings. The maximum Gasteiger partial charge on any atom is 0.330 e. The van der Waals surface area contributed by atoms with Crippen molar-refractivity contribution in [2.24, 2.45) is 29.6 Å². The number of likely N-dealkylation sites (tertiary alicyclic amines) is 1. The molecular weight excluding hydrogens is 446 g/mol. The number of anilines is 1. The number of nitro groups is 1. The van der Waals surface area contributed by atoms with Crippen LogP contribution in [-0.2, 0) is 23.9 Å². The molecule has 1 N–H and O–H groups in total. The minimum absolute atomic E-state index is 0.00437. The summed E-state index contributed by atoms with van der Waals surface area (Å²) >= 11 is 0. The highest BCUT2D eigenvalue weighted by molar-refractivity contribution is 6.09. The Morgan fingerprint density at radius 2 is 1.79 bits per heavy atom. The molecule has 2 aliphatic carbocycles. The number of nitrogens with zero attached hydrogens (tertiary/aromatic N) is 2. The SMILES string of the molecule is COc1ccc([N+](=O)[O-])c(NC(=O)COC(=O)[C@H](C(C)C)N2C(=O)[C@@H]3[C@H](C2=O)[C@H]2C=C[C@H]3C2)c1. The lowest BCUT2D eigenvalue weighted by Crippen LogP contribution is -2.50. The van der Waals surface area contributed by atoms with E-state index in [0.717, 1.165) is 11.3 Å². The molecule has 1 heterocycles. The van der Waals surface area contributed by atoms with Crippen LogP contribution in [0.3, 0.4) is 0 Å². The van der Waals surface area contributed by atoms with E-state index >= 15 is 0 Å². The lowest BCUT2D eigenvalue weighted by molar-refractivity contribution is -0.383. The number of allylic oxidation sites excluding steroid dienone is 2. The maximum atomic E-state index is 13.1. The zero-order chi connectivity index (χ0) is 24.7. The number of methoxy groups -OCH3 is 1. The van der Waals surface area contributed by atoms with Crippen molar-refractivity contribution in [2.75, 3.05) is 19.0 Å². The molecule has 0 radical (unpaired) electrons. The Balaban J connectivity index is 1.44. The van der Waals surface area contributed by atoms with Crippen molar-refractivity contribution in [1.29, 1.82) is 0 Å². The van der Waals surface area contributed by atoms with Crippen LogP contribution in [0.15, 0.2) is 30.4 Å². The molecule has 11 nitrogen and oxygen atoms in total. The lowest BCUT2D eigenvalue weighted by atomic mass is 9.85. The fraction of sp³-hybridized carbons (Fsp3) is 0.478. The standard InChI is InChI=1S/C23H25N3O8/c1-11(2)20(25-21(28)18-12-4-5-13(8-12)19(18)22(25)29)23(30)34-10-17(27)24-15-9-14(33-3)6-7-16(15)26(31)32/h4-7,9,11-13,18-20H,8,10H2,1-3H3,(H,24,27)/t12-,13-,18-,19+,20-/m0/s1. The number of hydrogen-bond acceptors (Lipinski definition) is 8. The van der Waals surface area contributed by atoms with Crippen LogP contribution in [0.1, 0.15) is 20.3 Å². The Kier molecular flexibility index (Phi) is 6.11. The Labute approximate surface area is 195 Å². The fourth-order valence-electron chi connectivity index (χ4n) is 5.19. The van der Waals surface area contributed by atoms with Crippen LogP contribution in [-0.4, -0.2) is 53.3 Å². The predicted molar refractivity (Wildman–Crippen MR) is 117 cm³/mol. The first-order valence-electron chi connectivity index (χ1n) is 11.0. The number of ether oxygens (including phenoxy) is 2.